The molecule has 0 aromatic heterocycles. The summed E-state index contributed by atoms with van der Waals surface area (Å²) in [4.78, 5) is 0. The number of hydrogen-bond acceptors (Lipinski definition) is 3. The van der Waals surface area contributed by atoms with Gasteiger partial charge in [0.1, 0.15) is 0 Å². The summed E-state index contributed by atoms with van der Waals surface area (Å²) in [5.74, 6) is 0.153. The first-order valence-electron chi connectivity index (χ1n) is 6.65. The second kappa shape index (κ2) is 7.85. The van der Waals surface area contributed by atoms with Crippen LogP contribution in [-0.4, -0.2) is 30.7 Å². The number of allylic oxidation sites excluding steroid dienone is 1. The van der Waals surface area contributed by atoms with E-state index in [1.165, 1.54) is 6.42 Å². The van der Waals surface area contributed by atoms with Crippen LogP contribution < -0.4 is 0 Å². The smallest absolute Gasteiger partial charge is 0.157 e. The molecule has 0 saturated carbocycles. The van der Waals surface area contributed by atoms with Crippen molar-refractivity contribution < 1.29 is 14.6 Å². The van der Waals surface area contributed by atoms with E-state index in [0.29, 0.717) is 0 Å². The minimum Gasteiger partial charge on any atom is -0.396 e. The van der Waals surface area contributed by atoms with Gasteiger partial charge < -0.3 is 14.6 Å². The lowest BCUT2D eigenvalue weighted by molar-refractivity contribution is -0.200. The molecule has 1 heterocycles. The monoisotopic (exact) mass is 242 g/mol. The molecule has 0 radical (unpaired) electrons. The van der Waals surface area contributed by atoms with Crippen molar-refractivity contribution >= 4 is 0 Å². The lowest BCUT2D eigenvalue weighted by atomic mass is 9.99. The summed E-state index contributed by atoms with van der Waals surface area (Å²) in [6, 6.07) is 0. The first-order chi connectivity index (χ1) is 8.13. The minimum absolute atomic E-state index is 0.0693. The Bertz CT molecular complexity index is 222. The van der Waals surface area contributed by atoms with Crippen molar-refractivity contribution in [3.63, 3.8) is 0 Å². The van der Waals surface area contributed by atoms with Gasteiger partial charge in [-0.25, -0.2) is 0 Å². The third kappa shape index (κ3) is 5.66. The van der Waals surface area contributed by atoms with Crippen LogP contribution in [0.1, 0.15) is 46.0 Å². The Morgan fingerprint density at radius 3 is 2.82 bits per heavy atom. The van der Waals surface area contributed by atoms with Gasteiger partial charge >= 0.3 is 0 Å². The third-order valence-corrected chi connectivity index (χ3v) is 3.24. The fourth-order valence-electron chi connectivity index (χ4n) is 2.01. The van der Waals surface area contributed by atoms with Crippen molar-refractivity contribution in [2.75, 3.05) is 13.2 Å². The van der Waals surface area contributed by atoms with E-state index in [1.54, 1.807) is 0 Å². The van der Waals surface area contributed by atoms with E-state index in [-0.39, 0.29) is 24.9 Å². The van der Waals surface area contributed by atoms with Crippen molar-refractivity contribution in [3.8, 4) is 0 Å². The van der Waals surface area contributed by atoms with Gasteiger partial charge in [-0.15, -0.1) is 6.58 Å². The van der Waals surface area contributed by atoms with E-state index in [0.717, 1.165) is 37.9 Å². The van der Waals surface area contributed by atoms with Crippen LogP contribution in [0.2, 0.25) is 0 Å². The molecule has 1 aliphatic heterocycles. The maximum Gasteiger partial charge on any atom is 0.157 e. The zero-order valence-corrected chi connectivity index (χ0v) is 11.2. The Kier molecular flexibility index (Phi) is 6.78. The molecular formula is C14H26O3. The SMILES string of the molecule is C=C(C)CC[C@H](OC1CCCCO1)[C@@H](C)CO. The highest BCUT2D eigenvalue weighted by Crippen LogP contribution is 2.22. The molecule has 0 aromatic rings. The first kappa shape index (κ1) is 14.7. The molecule has 1 unspecified atom stereocenters. The maximum atomic E-state index is 9.26. The number of aliphatic hydroxyl groups excluding tert-OH is 1. The van der Waals surface area contributed by atoms with Crippen molar-refractivity contribution in [3.05, 3.63) is 12.2 Å². The normalized spacial score (nSPS) is 24.3. The minimum atomic E-state index is -0.0760. The van der Waals surface area contributed by atoms with Crippen LogP contribution in [0, 0.1) is 5.92 Å². The van der Waals surface area contributed by atoms with Gasteiger partial charge in [-0.3, -0.25) is 0 Å². The summed E-state index contributed by atoms with van der Waals surface area (Å²) in [5, 5.41) is 9.26. The summed E-state index contributed by atoms with van der Waals surface area (Å²) in [7, 11) is 0. The van der Waals surface area contributed by atoms with E-state index in [1.807, 2.05) is 13.8 Å². The van der Waals surface area contributed by atoms with Gasteiger partial charge in [0.05, 0.1) is 6.10 Å². The molecule has 3 atom stereocenters. The fourth-order valence-corrected chi connectivity index (χ4v) is 2.01. The number of rotatable bonds is 7. The summed E-state index contributed by atoms with van der Waals surface area (Å²) < 4.78 is 11.6. The quantitative estimate of drug-likeness (QED) is 0.698. The lowest BCUT2D eigenvalue weighted by Crippen LogP contribution is -2.33. The Morgan fingerprint density at radius 1 is 1.53 bits per heavy atom. The van der Waals surface area contributed by atoms with E-state index in [4.69, 9.17) is 9.47 Å². The molecule has 1 saturated heterocycles. The average molecular weight is 242 g/mol. The maximum absolute atomic E-state index is 9.26. The largest absolute Gasteiger partial charge is 0.396 e. The van der Waals surface area contributed by atoms with Crippen LogP contribution in [0.3, 0.4) is 0 Å². The summed E-state index contributed by atoms with van der Waals surface area (Å²) in [6.45, 7) is 8.91. The zero-order valence-electron chi connectivity index (χ0n) is 11.2. The van der Waals surface area contributed by atoms with Crippen molar-refractivity contribution in [2.45, 2.75) is 58.3 Å². The summed E-state index contributed by atoms with van der Waals surface area (Å²) in [5.41, 5.74) is 1.16. The molecule has 0 aliphatic carbocycles. The lowest BCUT2D eigenvalue weighted by Gasteiger charge is -2.30. The van der Waals surface area contributed by atoms with Gasteiger partial charge in [0.2, 0.25) is 0 Å². The highest BCUT2D eigenvalue weighted by atomic mass is 16.7. The molecule has 0 amide bonds. The van der Waals surface area contributed by atoms with Crippen LogP contribution >= 0.6 is 0 Å². The molecule has 1 N–H and O–H groups in total. The van der Waals surface area contributed by atoms with E-state index in [9.17, 15) is 5.11 Å². The second-order valence-electron chi connectivity index (χ2n) is 5.13. The van der Waals surface area contributed by atoms with Crippen LogP contribution in [-0.2, 0) is 9.47 Å². The predicted octanol–water partition coefficient (Wildman–Crippen LogP) is 2.88. The Morgan fingerprint density at radius 2 is 2.29 bits per heavy atom. The number of aliphatic hydroxyl groups is 1. The number of ether oxygens (including phenoxy) is 2. The standard InChI is InChI=1S/C14H26O3/c1-11(2)7-8-13(12(3)10-15)17-14-6-4-5-9-16-14/h12-15H,1,4-10H2,2-3H3/t12-,13-,14?/m0/s1. The molecule has 1 fully saturated rings. The van der Waals surface area contributed by atoms with E-state index in [2.05, 4.69) is 6.58 Å². The topological polar surface area (TPSA) is 38.7 Å². The van der Waals surface area contributed by atoms with Gasteiger partial charge in [0.25, 0.3) is 0 Å². The Hall–Kier alpha value is -0.380. The van der Waals surface area contributed by atoms with Gasteiger partial charge in [-0.2, -0.15) is 0 Å². The van der Waals surface area contributed by atoms with Gasteiger partial charge in [0.15, 0.2) is 6.29 Å². The molecule has 3 nitrogen and oxygen atoms in total. The predicted molar refractivity (Wildman–Crippen MR) is 68.8 cm³/mol. The first-order valence-corrected chi connectivity index (χ1v) is 6.65. The third-order valence-electron chi connectivity index (χ3n) is 3.24. The van der Waals surface area contributed by atoms with Crippen molar-refractivity contribution in [2.24, 2.45) is 5.92 Å². The average Bonchev–Trinajstić information content (AvgIpc) is 2.34. The highest BCUT2D eigenvalue weighted by molar-refractivity contribution is 4.89. The van der Waals surface area contributed by atoms with Crippen molar-refractivity contribution in [1.82, 2.24) is 0 Å². The summed E-state index contributed by atoms with van der Waals surface area (Å²) >= 11 is 0. The molecule has 0 bridgehead atoms. The van der Waals surface area contributed by atoms with E-state index < -0.39 is 0 Å². The van der Waals surface area contributed by atoms with Crippen LogP contribution in [0.15, 0.2) is 12.2 Å². The van der Waals surface area contributed by atoms with Crippen LogP contribution in [0.25, 0.3) is 0 Å². The molecule has 0 aromatic carbocycles. The Balaban J connectivity index is 2.40. The highest BCUT2D eigenvalue weighted by Gasteiger charge is 2.23. The van der Waals surface area contributed by atoms with E-state index >= 15 is 0 Å². The second-order valence-corrected chi connectivity index (χ2v) is 5.13. The Labute approximate surface area is 105 Å². The van der Waals surface area contributed by atoms with Gasteiger partial charge in [0, 0.05) is 19.1 Å². The van der Waals surface area contributed by atoms with Crippen LogP contribution in [0.4, 0.5) is 0 Å². The molecule has 0 spiro atoms. The summed E-state index contributed by atoms with van der Waals surface area (Å²) in [6.07, 6.45) is 5.13. The molecule has 1 rings (SSSR count). The van der Waals surface area contributed by atoms with Crippen molar-refractivity contribution in [1.29, 1.82) is 0 Å². The van der Waals surface area contributed by atoms with Gasteiger partial charge in [-0.05, 0) is 39.0 Å². The molecular weight excluding hydrogens is 216 g/mol. The fraction of sp³-hybridized carbons (Fsp3) is 0.857. The molecule has 1 aliphatic rings. The molecule has 17 heavy (non-hydrogen) atoms. The van der Waals surface area contributed by atoms with Crippen LogP contribution in [0.5, 0.6) is 0 Å². The molecule has 100 valence electrons. The zero-order chi connectivity index (χ0) is 12.7. The number of hydrogen-bond donors (Lipinski definition) is 1. The van der Waals surface area contributed by atoms with Gasteiger partial charge in [-0.1, -0.05) is 12.5 Å². The molecule has 3 heteroatoms.